The highest BCUT2D eigenvalue weighted by molar-refractivity contribution is 7.92. The zero-order chi connectivity index (χ0) is 30.9. The van der Waals surface area contributed by atoms with Crippen LogP contribution in [-0.4, -0.2) is 49.5 Å². The van der Waals surface area contributed by atoms with Crippen LogP contribution in [0.15, 0.2) is 78.9 Å². The van der Waals surface area contributed by atoms with Crippen LogP contribution in [-0.2, 0) is 39.0 Å². The molecule has 9 heteroatoms. The van der Waals surface area contributed by atoms with Crippen molar-refractivity contribution in [3.8, 4) is 0 Å². The van der Waals surface area contributed by atoms with E-state index in [1.807, 2.05) is 70.2 Å². The summed E-state index contributed by atoms with van der Waals surface area (Å²) < 4.78 is 40.3. The number of nitrogens with zero attached hydrogens (tertiary/aromatic N) is 2. The molecule has 1 atom stereocenters. The number of halogens is 1. The summed E-state index contributed by atoms with van der Waals surface area (Å²) in [7, 11) is -3.59. The molecule has 0 heterocycles. The Kier molecular flexibility index (Phi) is 11.3. The lowest BCUT2D eigenvalue weighted by Crippen LogP contribution is -2.54. The Balaban J connectivity index is 1.88. The Morgan fingerprint density at radius 1 is 0.881 bits per heavy atom. The van der Waals surface area contributed by atoms with E-state index in [0.717, 1.165) is 23.8 Å². The third-order valence-corrected chi connectivity index (χ3v) is 8.01. The van der Waals surface area contributed by atoms with Gasteiger partial charge in [-0.25, -0.2) is 12.8 Å². The SMILES string of the molecule is CCc1ccc(N(CCCC(=O)N(Cc2ccc(F)cc2)C(Cc2ccccc2)C(=O)NC(C)(C)C)S(C)(=O)=O)cc1. The van der Waals surface area contributed by atoms with Crippen molar-refractivity contribution in [2.24, 2.45) is 0 Å². The molecule has 3 aromatic carbocycles. The number of sulfonamides is 1. The summed E-state index contributed by atoms with van der Waals surface area (Å²) in [5.41, 5.74) is 2.68. The van der Waals surface area contributed by atoms with Crippen molar-refractivity contribution in [3.05, 3.63) is 101 Å². The monoisotopic (exact) mass is 595 g/mol. The molecule has 0 saturated carbocycles. The van der Waals surface area contributed by atoms with Gasteiger partial charge in [0, 0.05) is 31.5 Å². The third kappa shape index (κ3) is 9.98. The second kappa shape index (κ2) is 14.4. The van der Waals surface area contributed by atoms with E-state index >= 15 is 0 Å². The van der Waals surface area contributed by atoms with Gasteiger partial charge in [0.1, 0.15) is 11.9 Å². The van der Waals surface area contributed by atoms with Gasteiger partial charge in [0.05, 0.1) is 11.9 Å². The number of carbonyl (C=O) groups is 2. The fraction of sp³-hybridized carbons (Fsp3) is 0.394. The third-order valence-electron chi connectivity index (χ3n) is 6.82. The molecule has 0 spiro atoms. The van der Waals surface area contributed by atoms with Crippen LogP contribution >= 0.6 is 0 Å². The molecule has 1 N–H and O–H groups in total. The summed E-state index contributed by atoms with van der Waals surface area (Å²) in [6.45, 7) is 7.87. The molecule has 226 valence electrons. The summed E-state index contributed by atoms with van der Waals surface area (Å²) in [5.74, 6) is -0.981. The van der Waals surface area contributed by atoms with Crippen LogP contribution < -0.4 is 9.62 Å². The largest absolute Gasteiger partial charge is 0.350 e. The van der Waals surface area contributed by atoms with Crippen molar-refractivity contribution in [1.29, 1.82) is 0 Å². The normalized spacial score (nSPS) is 12.4. The summed E-state index contributed by atoms with van der Waals surface area (Å²) >= 11 is 0. The minimum atomic E-state index is -3.59. The number of hydrogen-bond donors (Lipinski definition) is 1. The topological polar surface area (TPSA) is 86.8 Å². The van der Waals surface area contributed by atoms with E-state index in [9.17, 15) is 22.4 Å². The number of rotatable bonds is 13. The van der Waals surface area contributed by atoms with Crippen LogP contribution in [0.5, 0.6) is 0 Å². The zero-order valence-corrected chi connectivity index (χ0v) is 26.0. The molecule has 0 aromatic heterocycles. The predicted octanol–water partition coefficient (Wildman–Crippen LogP) is 5.49. The zero-order valence-electron chi connectivity index (χ0n) is 25.1. The number of nitrogens with one attached hydrogen (secondary N) is 1. The quantitative estimate of drug-likeness (QED) is 0.283. The van der Waals surface area contributed by atoms with Crippen LogP contribution in [0, 0.1) is 5.82 Å². The van der Waals surface area contributed by atoms with E-state index in [2.05, 4.69) is 5.32 Å². The summed E-state index contributed by atoms with van der Waals surface area (Å²) in [6, 6.07) is 21.8. The lowest BCUT2D eigenvalue weighted by molar-refractivity contribution is -0.142. The van der Waals surface area contributed by atoms with Gasteiger partial charge in [-0.3, -0.25) is 13.9 Å². The highest BCUT2D eigenvalue weighted by Gasteiger charge is 2.32. The van der Waals surface area contributed by atoms with Gasteiger partial charge in [0.25, 0.3) is 0 Å². The Morgan fingerprint density at radius 2 is 1.48 bits per heavy atom. The van der Waals surface area contributed by atoms with Gasteiger partial charge in [-0.1, -0.05) is 61.5 Å². The van der Waals surface area contributed by atoms with Crippen molar-refractivity contribution in [3.63, 3.8) is 0 Å². The maximum atomic E-state index is 13.9. The molecule has 3 rings (SSSR count). The molecular formula is C33H42FN3O4S. The van der Waals surface area contributed by atoms with Crippen LogP contribution in [0.3, 0.4) is 0 Å². The number of aryl methyl sites for hydroxylation is 1. The molecule has 1 unspecified atom stereocenters. The molecule has 42 heavy (non-hydrogen) atoms. The summed E-state index contributed by atoms with van der Waals surface area (Å²) in [6.07, 6.45) is 2.55. The first-order valence-corrected chi connectivity index (χ1v) is 16.1. The molecule has 0 aliphatic heterocycles. The van der Waals surface area contributed by atoms with Crippen LogP contribution in [0.1, 0.15) is 57.2 Å². The lowest BCUT2D eigenvalue weighted by Gasteiger charge is -2.34. The molecule has 0 bridgehead atoms. The minimum Gasteiger partial charge on any atom is -0.350 e. The van der Waals surface area contributed by atoms with E-state index in [1.54, 1.807) is 24.3 Å². The van der Waals surface area contributed by atoms with Gasteiger partial charge in [0.15, 0.2) is 0 Å². The van der Waals surface area contributed by atoms with E-state index in [1.165, 1.54) is 21.3 Å². The smallest absolute Gasteiger partial charge is 0.243 e. The first-order valence-electron chi connectivity index (χ1n) is 14.2. The first-order chi connectivity index (χ1) is 19.8. The highest BCUT2D eigenvalue weighted by atomic mass is 32.2. The molecule has 0 aliphatic rings. The number of carbonyl (C=O) groups excluding carboxylic acids is 2. The fourth-order valence-electron chi connectivity index (χ4n) is 4.70. The number of amides is 2. The van der Waals surface area contributed by atoms with E-state index in [0.29, 0.717) is 11.3 Å². The predicted molar refractivity (Wildman–Crippen MR) is 166 cm³/mol. The standard InChI is InChI=1S/C33H42FN3O4S/c1-6-25-16-20-29(21-17-25)37(42(5,40)41)22-10-13-31(38)36(24-27-14-18-28(34)19-15-27)30(32(39)35-33(2,3)4)23-26-11-8-7-9-12-26/h7-9,11-12,14-21,30H,6,10,13,22-24H2,1-5H3,(H,35,39). The minimum absolute atomic E-state index is 0.0222. The van der Waals surface area contributed by atoms with Gasteiger partial charge in [-0.05, 0) is 74.6 Å². The molecule has 3 aromatic rings. The molecule has 0 fully saturated rings. The van der Waals surface area contributed by atoms with Gasteiger partial charge in [-0.2, -0.15) is 0 Å². The second-order valence-electron chi connectivity index (χ2n) is 11.6. The summed E-state index contributed by atoms with van der Waals surface area (Å²) in [5, 5.41) is 3.01. The van der Waals surface area contributed by atoms with Crippen molar-refractivity contribution < 1.29 is 22.4 Å². The average Bonchev–Trinajstić information content (AvgIpc) is 2.93. The van der Waals surface area contributed by atoms with E-state index in [4.69, 9.17) is 0 Å². The second-order valence-corrected chi connectivity index (χ2v) is 13.5. The number of anilines is 1. The fourth-order valence-corrected chi connectivity index (χ4v) is 5.66. The molecule has 0 saturated heterocycles. The van der Waals surface area contributed by atoms with E-state index in [-0.39, 0.29) is 44.2 Å². The average molecular weight is 596 g/mol. The van der Waals surface area contributed by atoms with Crippen molar-refractivity contribution in [1.82, 2.24) is 10.2 Å². The molecular weight excluding hydrogens is 553 g/mol. The number of hydrogen-bond acceptors (Lipinski definition) is 4. The molecule has 7 nitrogen and oxygen atoms in total. The molecule has 2 amide bonds. The van der Waals surface area contributed by atoms with Crippen molar-refractivity contribution in [2.75, 3.05) is 17.1 Å². The Morgan fingerprint density at radius 3 is 2.02 bits per heavy atom. The van der Waals surface area contributed by atoms with Crippen LogP contribution in [0.2, 0.25) is 0 Å². The van der Waals surface area contributed by atoms with Gasteiger partial charge < -0.3 is 10.2 Å². The molecule has 0 aliphatic carbocycles. The Hall–Kier alpha value is -3.72. The Bertz CT molecular complexity index is 1420. The highest BCUT2D eigenvalue weighted by Crippen LogP contribution is 2.21. The van der Waals surface area contributed by atoms with Gasteiger partial charge in [-0.15, -0.1) is 0 Å². The maximum absolute atomic E-state index is 13.9. The summed E-state index contributed by atoms with van der Waals surface area (Å²) in [4.78, 5) is 29.1. The first kappa shape index (κ1) is 32.8. The maximum Gasteiger partial charge on any atom is 0.243 e. The Labute approximate surface area is 249 Å². The van der Waals surface area contributed by atoms with Crippen LogP contribution in [0.25, 0.3) is 0 Å². The van der Waals surface area contributed by atoms with Gasteiger partial charge in [0.2, 0.25) is 21.8 Å². The van der Waals surface area contributed by atoms with Crippen molar-refractivity contribution in [2.45, 2.75) is 71.5 Å². The van der Waals surface area contributed by atoms with E-state index < -0.39 is 27.4 Å². The van der Waals surface area contributed by atoms with Crippen molar-refractivity contribution >= 4 is 27.5 Å². The number of benzene rings is 3. The van der Waals surface area contributed by atoms with Crippen LogP contribution in [0.4, 0.5) is 10.1 Å². The van der Waals surface area contributed by atoms with Gasteiger partial charge >= 0.3 is 0 Å². The molecule has 0 radical (unpaired) electrons. The lowest BCUT2D eigenvalue weighted by atomic mass is 10.00.